The number of sulfonamides is 2. The normalized spacial score (nSPS) is 18.5. The van der Waals surface area contributed by atoms with Crippen LogP contribution in [0.4, 0.5) is 5.69 Å². The van der Waals surface area contributed by atoms with E-state index in [1.807, 2.05) is 20.8 Å². The Labute approximate surface area is 248 Å². The number of amides is 1. The van der Waals surface area contributed by atoms with Crippen LogP contribution in [0.3, 0.4) is 0 Å². The summed E-state index contributed by atoms with van der Waals surface area (Å²) in [5.74, 6) is -0.563. The Bertz CT molecular complexity index is 1640. The van der Waals surface area contributed by atoms with Crippen LogP contribution in [-0.4, -0.2) is 75.9 Å². The first-order valence-electron chi connectivity index (χ1n) is 13.6. The maximum Gasteiger partial charge on any atom is 0.261 e. The SMILES string of the molecule is Cc1ccc(S(=O)(=O)Nc2ccc3c(c2)C(=O)N([C@H](C)CO)C[C@@H](C)[C@H](CN(C)S(=O)(=O)c2ccc(C)cc2)O3)cc1. The molecule has 0 radical (unpaired) electrons. The fraction of sp³-hybridized carbons (Fsp3) is 0.367. The number of carbonyl (C=O) groups excluding carboxylic acids is 1. The number of aliphatic hydroxyl groups excluding tert-OH is 1. The Kier molecular flexibility index (Phi) is 9.31. The lowest BCUT2D eigenvalue weighted by molar-refractivity contribution is 0.0387. The van der Waals surface area contributed by atoms with Crippen LogP contribution in [0.5, 0.6) is 5.75 Å². The first-order chi connectivity index (χ1) is 19.7. The summed E-state index contributed by atoms with van der Waals surface area (Å²) in [6.45, 7) is 7.18. The number of carbonyl (C=O) groups is 1. The summed E-state index contributed by atoms with van der Waals surface area (Å²) in [6, 6.07) is 16.8. The predicted octanol–water partition coefficient (Wildman–Crippen LogP) is 3.65. The highest BCUT2D eigenvalue weighted by Gasteiger charge is 2.35. The molecule has 0 aromatic heterocycles. The lowest BCUT2D eigenvalue weighted by Crippen LogP contribution is -2.50. The van der Waals surface area contributed by atoms with E-state index in [9.17, 15) is 26.7 Å². The van der Waals surface area contributed by atoms with Gasteiger partial charge in [0.2, 0.25) is 10.0 Å². The lowest BCUT2D eigenvalue weighted by atomic mass is 9.99. The molecule has 0 fully saturated rings. The Morgan fingerprint density at radius 3 is 2.12 bits per heavy atom. The molecule has 0 saturated heterocycles. The molecule has 1 aliphatic heterocycles. The first kappa shape index (κ1) is 31.5. The number of rotatable bonds is 9. The molecule has 0 spiro atoms. The smallest absolute Gasteiger partial charge is 0.261 e. The van der Waals surface area contributed by atoms with Gasteiger partial charge in [-0.15, -0.1) is 0 Å². The number of hydrogen-bond donors (Lipinski definition) is 2. The molecule has 12 heteroatoms. The third-order valence-electron chi connectivity index (χ3n) is 7.41. The molecule has 2 N–H and O–H groups in total. The highest BCUT2D eigenvalue weighted by atomic mass is 32.2. The Balaban J connectivity index is 1.68. The number of anilines is 1. The summed E-state index contributed by atoms with van der Waals surface area (Å²) < 4.78 is 62.7. The quantitative estimate of drug-likeness (QED) is 0.376. The van der Waals surface area contributed by atoms with Crippen molar-refractivity contribution in [1.82, 2.24) is 9.21 Å². The topological polar surface area (TPSA) is 133 Å². The number of hydrogen-bond acceptors (Lipinski definition) is 7. The second kappa shape index (κ2) is 12.4. The van der Waals surface area contributed by atoms with Crippen molar-refractivity contribution in [3.8, 4) is 5.75 Å². The van der Waals surface area contributed by atoms with Gasteiger partial charge in [-0.3, -0.25) is 9.52 Å². The van der Waals surface area contributed by atoms with E-state index in [0.717, 1.165) is 11.1 Å². The number of likely N-dealkylation sites (N-methyl/N-ethyl adjacent to an activating group) is 1. The molecule has 10 nitrogen and oxygen atoms in total. The maximum absolute atomic E-state index is 13.7. The average molecular weight is 616 g/mol. The third-order valence-corrected chi connectivity index (χ3v) is 10.6. The Morgan fingerprint density at radius 1 is 0.976 bits per heavy atom. The van der Waals surface area contributed by atoms with Gasteiger partial charge in [-0.2, -0.15) is 4.31 Å². The third kappa shape index (κ3) is 6.78. The van der Waals surface area contributed by atoms with E-state index in [1.165, 1.54) is 46.6 Å². The fourth-order valence-corrected chi connectivity index (χ4v) is 6.91. The molecular weight excluding hydrogens is 578 g/mol. The van der Waals surface area contributed by atoms with E-state index in [1.54, 1.807) is 43.3 Å². The zero-order valence-electron chi connectivity index (χ0n) is 24.3. The molecule has 42 heavy (non-hydrogen) atoms. The van der Waals surface area contributed by atoms with Gasteiger partial charge in [0.25, 0.3) is 15.9 Å². The molecule has 3 aromatic carbocycles. The van der Waals surface area contributed by atoms with Crippen LogP contribution in [0.1, 0.15) is 35.3 Å². The second-order valence-corrected chi connectivity index (χ2v) is 14.6. The van der Waals surface area contributed by atoms with Crippen LogP contribution in [-0.2, 0) is 20.0 Å². The highest BCUT2D eigenvalue weighted by molar-refractivity contribution is 7.92. The minimum atomic E-state index is -3.93. The molecular formula is C30H37N3O7S2. The van der Waals surface area contributed by atoms with E-state index in [0.29, 0.717) is 0 Å². The van der Waals surface area contributed by atoms with Gasteiger partial charge in [0, 0.05) is 25.2 Å². The van der Waals surface area contributed by atoms with Gasteiger partial charge < -0.3 is 14.7 Å². The first-order valence-corrected chi connectivity index (χ1v) is 16.5. The van der Waals surface area contributed by atoms with E-state index in [2.05, 4.69) is 4.72 Å². The second-order valence-electron chi connectivity index (χ2n) is 10.9. The van der Waals surface area contributed by atoms with Crippen molar-refractivity contribution in [1.29, 1.82) is 0 Å². The van der Waals surface area contributed by atoms with Gasteiger partial charge in [-0.05, 0) is 63.2 Å². The van der Waals surface area contributed by atoms with Crippen molar-refractivity contribution in [2.24, 2.45) is 5.92 Å². The number of nitrogens with one attached hydrogen (secondary N) is 1. The number of aliphatic hydroxyl groups is 1. The fourth-order valence-electron chi connectivity index (χ4n) is 4.68. The molecule has 3 aromatic rings. The zero-order valence-corrected chi connectivity index (χ0v) is 25.9. The molecule has 1 heterocycles. The van der Waals surface area contributed by atoms with Crippen molar-refractivity contribution in [3.05, 3.63) is 83.4 Å². The molecule has 1 amide bonds. The molecule has 226 valence electrons. The number of nitrogens with zero attached hydrogens (tertiary/aromatic N) is 2. The van der Waals surface area contributed by atoms with Crippen molar-refractivity contribution in [3.63, 3.8) is 0 Å². The molecule has 4 rings (SSSR count). The predicted molar refractivity (Wildman–Crippen MR) is 161 cm³/mol. The van der Waals surface area contributed by atoms with Crippen LogP contribution in [0.25, 0.3) is 0 Å². The Morgan fingerprint density at radius 2 is 1.55 bits per heavy atom. The molecule has 1 aliphatic rings. The van der Waals surface area contributed by atoms with Crippen molar-refractivity contribution in [2.45, 2.75) is 49.6 Å². The number of benzene rings is 3. The summed E-state index contributed by atoms with van der Waals surface area (Å²) in [6.07, 6.45) is -0.662. The van der Waals surface area contributed by atoms with E-state index in [-0.39, 0.29) is 52.4 Å². The summed E-state index contributed by atoms with van der Waals surface area (Å²) in [4.78, 5) is 15.5. The average Bonchev–Trinajstić information content (AvgIpc) is 2.95. The summed E-state index contributed by atoms with van der Waals surface area (Å²) in [7, 11) is -6.28. The van der Waals surface area contributed by atoms with E-state index < -0.39 is 38.1 Å². The standard InChI is InChI=1S/C30H37N3O7S2/c1-20-6-11-25(12-7-20)41(36,37)31-24-10-15-28-27(16-24)30(35)33(23(4)19-34)17-22(3)29(40-28)18-32(5)42(38,39)26-13-8-21(2)9-14-26/h6-16,22-23,29,31,34H,17-19H2,1-5H3/t22-,23-,29+/m1/s1. The monoisotopic (exact) mass is 615 g/mol. The highest BCUT2D eigenvalue weighted by Crippen LogP contribution is 2.32. The summed E-state index contributed by atoms with van der Waals surface area (Å²) in [5.41, 5.74) is 2.11. The van der Waals surface area contributed by atoms with Crippen molar-refractivity contribution in [2.75, 3.05) is 31.5 Å². The zero-order chi connectivity index (χ0) is 30.8. The van der Waals surface area contributed by atoms with Gasteiger partial charge in [-0.1, -0.05) is 42.3 Å². The number of fused-ring (bicyclic) bond motifs is 1. The summed E-state index contributed by atoms with van der Waals surface area (Å²) in [5, 5.41) is 9.91. The van der Waals surface area contributed by atoms with Crippen LogP contribution in [0.2, 0.25) is 0 Å². The molecule has 0 saturated carbocycles. The number of aryl methyl sites for hydroxylation is 2. The van der Waals surface area contributed by atoms with E-state index >= 15 is 0 Å². The Hall–Kier alpha value is -3.45. The molecule has 0 unspecified atom stereocenters. The minimum Gasteiger partial charge on any atom is -0.488 e. The van der Waals surface area contributed by atoms with Crippen LogP contribution >= 0.6 is 0 Å². The van der Waals surface area contributed by atoms with Crippen LogP contribution < -0.4 is 9.46 Å². The molecule has 0 aliphatic carbocycles. The lowest BCUT2D eigenvalue weighted by Gasteiger charge is -2.38. The van der Waals surface area contributed by atoms with Crippen LogP contribution in [0, 0.1) is 19.8 Å². The summed E-state index contributed by atoms with van der Waals surface area (Å²) >= 11 is 0. The van der Waals surface area contributed by atoms with Gasteiger partial charge in [0.1, 0.15) is 11.9 Å². The molecule has 3 atom stereocenters. The van der Waals surface area contributed by atoms with Gasteiger partial charge in [-0.25, -0.2) is 16.8 Å². The minimum absolute atomic E-state index is 0.00580. The van der Waals surface area contributed by atoms with Gasteiger partial charge in [0.15, 0.2) is 0 Å². The largest absolute Gasteiger partial charge is 0.488 e. The van der Waals surface area contributed by atoms with Gasteiger partial charge >= 0.3 is 0 Å². The van der Waals surface area contributed by atoms with Gasteiger partial charge in [0.05, 0.1) is 34.5 Å². The maximum atomic E-state index is 13.7. The van der Waals surface area contributed by atoms with Crippen LogP contribution in [0.15, 0.2) is 76.5 Å². The molecule has 0 bridgehead atoms. The van der Waals surface area contributed by atoms with E-state index in [4.69, 9.17) is 4.74 Å². The van der Waals surface area contributed by atoms with Crippen molar-refractivity contribution >= 4 is 31.6 Å². The number of ether oxygens (including phenoxy) is 1. The van der Waals surface area contributed by atoms with Crippen molar-refractivity contribution < 1.29 is 31.5 Å².